The molecule has 2 radical (unpaired) electrons. The van der Waals surface area contributed by atoms with E-state index in [4.69, 9.17) is 17.6 Å². The van der Waals surface area contributed by atoms with E-state index in [1.54, 1.807) is 34.6 Å². The molecule has 0 aromatic carbocycles. The second kappa shape index (κ2) is 9.63. The zero-order valence-electron chi connectivity index (χ0n) is 15.7. The molecule has 12 heteroatoms. The van der Waals surface area contributed by atoms with Crippen LogP contribution in [0.1, 0.15) is 34.6 Å². The number of aliphatic carboxylic acids is 1. The first kappa shape index (κ1) is 22.8. The molecule has 0 spiro atoms. The molecule has 10 nitrogen and oxygen atoms in total. The van der Waals surface area contributed by atoms with E-state index in [0.717, 1.165) is 11.8 Å². The van der Waals surface area contributed by atoms with E-state index < -0.39 is 41.5 Å². The van der Waals surface area contributed by atoms with E-state index >= 15 is 0 Å². The SMILES string of the molecule is [B]OC(=O)[C@@H](O/N=C(\C(=O)O)C1CSC(NC(=O)OC(C)(C)C)=N1)C(C)C. The Morgan fingerprint density at radius 1 is 1.37 bits per heavy atom. The first-order chi connectivity index (χ1) is 12.4. The normalized spacial score (nSPS) is 18.5. The number of carbonyl (C=O) groups excluding carboxylic acids is 2. The van der Waals surface area contributed by atoms with Gasteiger partial charge in [0.1, 0.15) is 11.6 Å². The van der Waals surface area contributed by atoms with Gasteiger partial charge in [-0.05, 0) is 20.8 Å². The van der Waals surface area contributed by atoms with Gasteiger partial charge in [0, 0.05) is 11.7 Å². The van der Waals surface area contributed by atoms with Crippen molar-refractivity contribution in [2.45, 2.75) is 52.4 Å². The van der Waals surface area contributed by atoms with E-state index in [0.29, 0.717) is 0 Å². The van der Waals surface area contributed by atoms with E-state index in [-0.39, 0.29) is 16.8 Å². The van der Waals surface area contributed by atoms with Crippen LogP contribution in [0, 0.1) is 5.92 Å². The first-order valence-electron chi connectivity index (χ1n) is 8.02. The molecule has 1 aliphatic rings. The number of alkyl carbamates (subject to hydrolysis) is 1. The van der Waals surface area contributed by atoms with Gasteiger partial charge in [-0.25, -0.2) is 14.4 Å². The van der Waals surface area contributed by atoms with Crippen molar-refractivity contribution in [3.63, 3.8) is 0 Å². The number of nitrogens with one attached hydrogen (secondary N) is 1. The van der Waals surface area contributed by atoms with Crippen molar-refractivity contribution in [1.82, 2.24) is 5.32 Å². The van der Waals surface area contributed by atoms with Crippen molar-refractivity contribution in [2.75, 3.05) is 5.75 Å². The number of carbonyl (C=O) groups is 3. The molecule has 1 unspecified atom stereocenters. The third kappa shape index (κ3) is 7.49. The molecule has 0 bridgehead atoms. The van der Waals surface area contributed by atoms with Crippen LogP contribution in [-0.2, 0) is 23.8 Å². The number of carboxylic acids is 1. The van der Waals surface area contributed by atoms with Gasteiger partial charge in [0.05, 0.1) is 0 Å². The average Bonchev–Trinajstić information content (AvgIpc) is 2.95. The highest BCUT2D eigenvalue weighted by atomic mass is 32.2. The maximum Gasteiger partial charge on any atom is 0.413 e. The number of nitrogens with zero attached hydrogens (tertiary/aromatic N) is 2. The number of thioether (sulfide) groups is 1. The number of oxime groups is 1. The van der Waals surface area contributed by atoms with Crippen LogP contribution < -0.4 is 5.32 Å². The summed E-state index contributed by atoms with van der Waals surface area (Å²) in [7, 11) is 4.84. The predicted molar refractivity (Wildman–Crippen MR) is 99.7 cm³/mol. The Kier molecular flexibility index (Phi) is 8.13. The van der Waals surface area contributed by atoms with Gasteiger partial charge in [0.25, 0.3) is 0 Å². The Morgan fingerprint density at radius 2 is 2.00 bits per heavy atom. The summed E-state index contributed by atoms with van der Waals surface area (Å²) in [6.07, 6.45) is -1.87. The monoisotopic (exact) mass is 399 g/mol. The molecule has 1 heterocycles. The minimum atomic E-state index is -1.37. The van der Waals surface area contributed by atoms with Crippen molar-refractivity contribution in [3.8, 4) is 0 Å². The van der Waals surface area contributed by atoms with Gasteiger partial charge in [0.2, 0.25) is 6.10 Å². The zero-order chi connectivity index (χ0) is 20.8. The fourth-order valence-electron chi connectivity index (χ4n) is 1.83. The molecule has 0 aromatic rings. The summed E-state index contributed by atoms with van der Waals surface area (Å²) in [6.45, 7) is 8.45. The maximum absolute atomic E-state index is 11.8. The van der Waals surface area contributed by atoms with Gasteiger partial charge in [-0.2, -0.15) is 0 Å². The van der Waals surface area contributed by atoms with Crippen molar-refractivity contribution in [3.05, 3.63) is 0 Å². The molecule has 2 atom stereocenters. The van der Waals surface area contributed by atoms with E-state index in [1.807, 2.05) is 0 Å². The summed E-state index contributed by atoms with van der Waals surface area (Å²) in [5.41, 5.74) is -1.10. The highest BCUT2D eigenvalue weighted by molar-refractivity contribution is 8.14. The number of hydrogen-bond donors (Lipinski definition) is 2. The average molecular weight is 399 g/mol. The van der Waals surface area contributed by atoms with Crippen LogP contribution in [0.4, 0.5) is 4.79 Å². The van der Waals surface area contributed by atoms with E-state index in [9.17, 15) is 19.5 Å². The summed E-state index contributed by atoms with van der Waals surface area (Å²) < 4.78 is 9.23. The molecule has 1 aliphatic heterocycles. The molecule has 1 amide bonds. The topological polar surface area (TPSA) is 136 Å². The standard InChI is InChI=1S/C15H22BN3O7S/c1-7(2)10(12(22)25-16)26-19-9(11(20)21)8-6-27-13(17-8)18-14(23)24-15(3,4)5/h7-8,10H,6H2,1-5H3,(H,20,21)(H,17,18,23)/b19-9-/t8?,10-/m0/s1. The quantitative estimate of drug-likeness (QED) is 0.385. The molecule has 27 heavy (non-hydrogen) atoms. The Bertz CT molecular complexity index is 646. The number of amidine groups is 1. The smallest absolute Gasteiger partial charge is 0.413 e. The summed E-state index contributed by atoms with van der Waals surface area (Å²) in [6, 6.07) is -0.876. The van der Waals surface area contributed by atoms with Crippen LogP contribution in [0.3, 0.4) is 0 Å². The lowest BCUT2D eigenvalue weighted by Crippen LogP contribution is -2.35. The summed E-state index contributed by atoms with van der Waals surface area (Å²) in [5, 5.41) is 15.6. The highest BCUT2D eigenvalue weighted by Gasteiger charge is 2.32. The minimum absolute atomic E-state index is 0.199. The van der Waals surface area contributed by atoms with Gasteiger partial charge < -0.3 is 19.3 Å². The summed E-state index contributed by atoms with van der Waals surface area (Å²) in [4.78, 5) is 43.9. The molecule has 148 valence electrons. The fourth-order valence-corrected chi connectivity index (χ4v) is 2.74. The van der Waals surface area contributed by atoms with Crippen LogP contribution in [0.2, 0.25) is 0 Å². The summed E-state index contributed by atoms with van der Waals surface area (Å²) in [5.74, 6) is -2.39. The van der Waals surface area contributed by atoms with Gasteiger partial charge in [-0.3, -0.25) is 10.3 Å². The minimum Gasteiger partial charge on any atom is -0.541 e. The van der Waals surface area contributed by atoms with Gasteiger partial charge >= 0.3 is 26.1 Å². The first-order valence-corrected chi connectivity index (χ1v) is 9.01. The number of hydrogen-bond acceptors (Lipinski definition) is 9. The molecule has 0 aliphatic carbocycles. The van der Waals surface area contributed by atoms with Gasteiger partial charge in [0.15, 0.2) is 10.9 Å². The van der Waals surface area contributed by atoms with E-state index in [2.05, 4.69) is 20.1 Å². The second-order valence-corrected chi connectivity index (χ2v) is 7.89. The molecule has 0 fully saturated rings. The van der Waals surface area contributed by atoms with E-state index in [1.165, 1.54) is 0 Å². The molecule has 0 saturated heterocycles. The fraction of sp³-hybridized carbons (Fsp3) is 0.667. The van der Waals surface area contributed by atoms with Crippen LogP contribution in [0.25, 0.3) is 0 Å². The Morgan fingerprint density at radius 3 is 2.48 bits per heavy atom. The third-order valence-electron chi connectivity index (χ3n) is 3.01. The molecule has 0 aromatic heterocycles. The van der Waals surface area contributed by atoms with Crippen LogP contribution in [-0.4, -0.2) is 65.6 Å². The number of ether oxygens (including phenoxy) is 1. The largest absolute Gasteiger partial charge is 0.541 e. The van der Waals surface area contributed by atoms with Crippen LogP contribution in [0.15, 0.2) is 10.1 Å². The number of rotatable bonds is 6. The van der Waals surface area contributed by atoms with Gasteiger partial charge in [-0.15, -0.1) is 0 Å². The number of amides is 1. The lowest BCUT2D eigenvalue weighted by atomic mass is 10.1. The maximum atomic E-state index is 11.8. The lowest BCUT2D eigenvalue weighted by Gasteiger charge is -2.19. The number of aliphatic imine (C=N–C) groups is 1. The lowest BCUT2D eigenvalue weighted by molar-refractivity contribution is -0.150. The second-order valence-electron chi connectivity index (χ2n) is 6.88. The number of carboxylic acid groups (broad SMARTS) is 1. The predicted octanol–water partition coefficient (Wildman–Crippen LogP) is 1.09. The van der Waals surface area contributed by atoms with Crippen molar-refractivity contribution >= 4 is 48.7 Å². The molecular formula is C15H22BN3O7S. The van der Waals surface area contributed by atoms with Gasteiger partial charge in [-0.1, -0.05) is 30.8 Å². The summed E-state index contributed by atoms with van der Waals surface area (Å²) >= 11 is 1.13. The third-order valence-corrected chi connectivity index (χ3v) is 3.98. The molecule has 0 saturated carbocycles. The van der Waals surface area contributed by atoms with Crippen molar-refractivity contribution in [1.29, 1.82) is 0 Å². The molecular weight excluding hydrogens is 377 g/mol. The highest BCUT2D eigenvalue weighted by Crippen LogP contribution is 2.19. The van der Waals surface area contributed by atoms with Crippen LogP contribution >= 0.6 is 11.8 Å². The van der Waals surface area contributed by atoms with Crippen molar-refractivity contribution in [2.24, 2.45) is 16.1 Å². The van der Waals surface area contributed by atoms with Crippen LogP contribution in [0.5, 0.6) is 0 Å². The zero-order valence-corrected chi connectivity index (χ0v) is 16.5. The Hall–Kier alpha value is -2.24. The van der Waals surface area contributed by atoms with Crippen molar-refractivity contribution < 1.29 is 33.7 Å². The Labute approximate surface area is 162 Å². The molecule has 1 rings (SSSR count). The molecule has 2 N–H and O–H groups in total. The Balaban J connectivity index is 2.86.